The monoisotopic (exact) mass is 1420 g/mol. The molecule has 0 aliphatic rings. The minimum absolute atomic E-state index is 0.0254. The highest BCUT2D eigenvalue weighted by Crippen LogP contribution is 2.43. The number of esters is 2. The maximum absolute atomic E-state index is 12.9. The SMILES string of the molecule is CC/C=C\C/C=C\C/C=C\C/C=C\C/C=C\C/C=C\C/C=C\C/C=C\C/C=C\CCCCCCCCCC(=O)OC(COC(=O)CCCCCCCCCCCCCCCCCCCCCCCCCCCCCCC/C=C\CCCCCCCCCC)COP(=O)(O)OCC[N+](C)(C)C. The third-order valence-corrected chi connectivity index (χ3v) is 19.5. The van der Waals surface area contributed by atoms with Crippen molar-refractivity contribution in [3.05, 3.63) is 122 Å². The summed E-state index contributed by atoms with van der Waals surface area (Å²) in [5.74, 6) is -0.802. The number of phosphoric acid groups is 1. The van der Waals surface area contributed by atoms with Crippen LogP contribution in [0.2, 0.25) is 0 Å². The van der Waals surface area contributed by atoms with E-state index in [9.17, 15) is 19.0 Å². The number of hydrogen-bond donors (Lipinski definition) is 1. The summed E-state index contributed by atoms with van der Waals surface area (Å²) in [4.78, 5) is 36.0. The third-order valence-electron chi connectivity index (χ3n) is 18.5. The van der Waals surface area contributed by atoms with Gasteiger partial charge in [-0.15, -0.1) is 0 Å². The van der Waals surface area contributed by atoms with E-state index >= 15 is 0 Å². The van der Waals surface area contributed by atoms with E-state index in [-0.39, 0.29) is 32.0 Å². The van der Waals surface area contributed by atoms with E-state index in [1.165, 1.54) is 250 Å². The first-order chi connectivity index (χ1) is 49.0. The number of nitrogens with zero attached hydrogens (tertiary/aromatic N) is 1. The second-order valence-corrected chi connectivity index (χ2v) is 30.9. The topological polar surface area (TPSA) is 108 Å². The summed E-state index contributed by atoms with van der Waals surface area (Å²) in [6, 6.07) is 0. The van der Waals surface area contributed by atoms with Crippen LogP contribution in [0.3, 0.4) is 0 Å². The van der Waals surface area contributed by atoms with Gasteiger partial charge in [-0.1, -0.05) is 386 Å². The minimum atomic E-state index is -4.41. The Hall–Kier alpha value is -3.59. The van der Waals surface area contributed by atoms with Gasteiger partial charge in [-0.25, -0.2) is 4.57 Å². The first kappa shape index (κ1) is 96.4. The molecule has 0 aromatic heterocycles. The van der Waals surface area contributed by atoms with E-state index in [2.05, 4.69) is 135 Å². The van der Waals surface area contributed by atoms with Crippen LogP contribution in [-0.4, -0.2) is 74.9 Å². The maximum Gasteiger partial charge on any atom is 0.472 e. The Labute approximate surface area is 619 Å². The van der Waals surface area contributed by atoms with E-state index in [1.54, 1.807) is 0 Å². The summed E-state index contributed by atoms with van der Waals surface area (Å²) < 4.78 is 34.8. The molecule has 100 heavy (non-hydrogen) atoms. The van der Waals surface area contributed by atoms with Gasteiger partial charge in [-0.05, 0) is 109 Å². The summed E-state index contributed by atoms with van der Waals surface area (Å²) in [7, 11) is 1.47. The van der Waals surface area contributed by atoms with Crippen molar-refractivity contribution in [2.24, 2.45) is 0 Å². The Bertz CT molecular complexity index is 2110. The van der Waals surface area contributed by atoms with Crippen molar-refractivity contribution in [2.75, 3.05) is 47.5 Å². The van der Waals surface area contributed by atoms with Crippen LogP contribution < -0.4 is 0 Å². The Kier molecular flexibility index (Phi) is 76.7. The van der Waals surface area contributed by atoms with E-state index < -0.39 is 26.5 Å². The normalized spacial score (nSPS) is 13.6. The summed E-state index contributed by atoms with van der Waals surface area (Å²) in [5, 5.41) is 0. The van der Waals surface area contributed by atoms with Crippen molar-refractivity contribution in [3.63, 3.8) is 0 Å². The quantitative estimate of drug-likeness (QED) is 0.0211. The van der Waals surface area contributed by atoms with Gasteiger partial charge >= 0.3 is 19.8 Å². The van der Waals surface area contributed by atoms with Crippen molar-refractivity contribution in [1.29, 1.82) is 0 Å². The molecule has 0 fully saturated rings. The molecule has 0 aliphatic carbocycles. The molecular weight excluding hydrogens is 1250 g/mol. The lowest BCUT2D eigenvalue weighted by Gasteiger charge is -2.24. The van der Waals surface area contributed by atoms with E-state index in [1.807, 2.05) is 21.1 Å². The number of rotatable bonds is 78. The maximum atomic E-state index is 12.9. The fourth-order valence-electron chi connectivity index (χ4n) is 12.1. The van der Waals surface area contributed by atoms with Gasteiger partial charge in [0, 0.05) is 12.8 Å². The summed E-state index contributed by atoms with van der Waals surface area (Å²) in [6.45, 7) is 4.34. The molecule has 0 radical (unpaired) electrons. The van der Waals surface area contributed by atoms with E-state index in [0.29, 0.717) is 17.4 Å². The Balaban J connectivity index is 3.96. The lowest BCUT2D eigenvalue weighted by Crippen LogP contribution is -2.37. The van der Waals surface area contributed by atoms with Crippen LogP contribution in [0.25, 0.3) is 0 Å². The average Bonchev–Trinajstić information content (AvgIpc) is 1.65. The zero-order chi connectivity index (χ0) is 72.5. The van der Waals surface area contributed by atoms with Gasteiger partial charge in [0.1, 0.15) is 19.8 Å². The molecule has 0 bridgehead atoms. The molecule has 10 heteroatoms. The van der Waals surface area contributed by atoms with Crippen molar-refractivity contribution < 1.29 is 42.1 Å². The van der Waals surface area contributed by atoms with Gasteiger partial charge in [0.15, 0.2) is 6.10 Å². The summed E-state index contributed by atoms with van der Waals surface area (Å²) in [5.41, 5.74) is 0. The molecule has 578 valence electrons. The number of likely N-dealkylation sites (N-methyl/N-ethyl adjacent to an activating group) is 1. The minimum Gasteiger partial charge on any atom is -0.462 e. The van der Waals surface area contributed by atoms with Crippen LogP contribution >= 0.6 is 7.82 Å². The Morgan fingerprint density at radius 2 is 0.570 bits per heavy atom. The predicted molar refractivity (Wildman–Crippen MR) is 436 cm³/mol. The number of unbranched alkanes of at least 4 members (excludes halogenated alkanes) is 44. The largest absolute Gasteiger partial charge is 0.472 e. The number of hydrogen-bond acceptors (Lipinski definition) is 7. The third kappa shape index (κ3) is 83.4. The lowest BCUT2D eigenvalue weighted by molar-refractivity contribution is -0.870. The van der Waals surface area contributed by atoms with Gasteiger partial charge in [0.2, 0.25) is 0 Å². The molecular formula is C90H161NO8P+. The van der Waals surface area contributed by atoms with Gasteiger partial charge in [-0.2, -0.15) is 0 Å². The van der Waals surface area contributed by atoms with Crippen molar-refractivity contribution >= 4 is 19.8 Å². The fourth-order valence-corrected chi connectivity index (χ4v) is 12.8. The second kappa shape index (κ2) is 79.5. The number of carbonyl (C=O) groups is 2. The van der Waals surface area contributed by atoms with Gasteiger partial charge in [-0.3, -0.25) is 18.6 Å². The van der Waals surface area contributed by atoms with Crippen LogP contribution in [-0.2, 0) is 32.7 Å². The van der Waals surface area contributed by atoms with Crippen LogP contribution in [0.4, 0.5) is 0 Å². The first-order valence-corrected chi connectivity index (χ1v) is 43.8. The molecule has 2 unspecified atom stereocenters. The van der Waals surface area contributed by atoms with Crippen LogP contribution in [0, 0.1) is 0 Å². The molecule has 0 aromatic carbocycles. The summed E-state index contributed by atoms with van der Waals surface area (Å²) in [6.07, 6.45) is 115. The zero-order valence-corrected chi connectivity index (χ0v) is 67.1. The second-order valence-electron chi connectivity index (χ2n) is 29.5. The van der Waals surface area contributed by atoms with Crippen LogP contribution in [0.5, 0.6) is 0 Å². The van der Waals surface area contributed by atoms with Gasteiger partial charge in [0.05, 0.1) is 27.7 Å². The smallest absolute Gasteiger partial charge is 0.462 e. The molecule has 0 aliphatic heterocycles. The predicted octanol–water partition coefficient (Wildman–Crippen LogP) is 28.5. The first-order valence-electron chi connectivity index (χ1n) is 42.3. The molecule has 1 N–H and O–H groups in total. The summed E-state index contributed by atoms with van der Waals surface area (Å²) >= 11 is 0. The van der Waals surface area contributed by atoms with Crippen molar-refractivity contribution in [1.82, 2.24) is 0 Å². The molecule has 0 aromatic rings. The Morgan fingerprint density at radius 3 is 0.860 bits per heavy atom. The standard InChI is InChI=1S/C90H160NO8P/c1-6-8-10-12-14-16-18-20-22-24-26-28-30-32-34-36-38-40-42-43-44-45-46-47-49-50-52-54-56-58-60-62-64-66-68-70-72-74-76-78-80-82-89(92)96-86-88(87-98-100(94,95)97-85-84-91(3,4)5)99-90(93)83-81-79-77-75-73-71-69-67-65-63-61-59-57-55-53-51-48-41-39-37-35-33-31-29-27-25-23-21-19-17-15-13-11-9-7-2/h9,11,15,17,21,23-24,26-27,29,33,35,39,41,51,53,57,59,63,65,88H,6-8,10,12-14,16,18-20,22,25,28,30-32,34,36-38,40,42-50,52,54-56,58,60-62,64,66-87H2,1-5H3/p+1/b11-9-,17-15-,23-21-,26-24-,29-27-,35-33-,41-39-,53-51-,59-57-,65-63-. The number of quaternary nitrogens is 1. The molecule has 0 spiro atoms. The van der Waals surface area contributed by atoms with Gasteiger partial charge in [0.25, 0.3) is 0 Å². The molecule has 0 rings (SSSR count). The van der Waals surface area contributed by atoms with E-state index in [4.69, 9.17) is 18.5 Å². The molecule has 2 atom stereocenters. The molecule has 0 amide bonds. The lowest BCUT2D eigenvalue weighted by atomic mass is 10.0. The molecule has 0 heterocycles. The van der Waals surface area contributed by atoms with Crippen LogP contribution in [0.15, 0.2) is 122 Å². The molecule has 0 saturated heterocycles. The van der Waals surface area contributed by atoms with Crippen molar-refractivity contribution in [3.8, 4) is 0 Å². The number of ether oxygens (including phenoxy) is 2. The number of allylic oxidation sites excluding steroid dienone is 20. The highest BCUT2D eigenvalue weighted by atomic mass is 31.2. The molecule has 0 saturated carbocycles. The zero-order valence-electron chi connectivity index (χ0n) is 66.2. The Morgan fingerprint density at radius 1 is 0.320 bits per heavy atom. The average molecular weight is 1420 g/mol. The van der Waals surface area contributed by atoms with Crippen LogP contribution in [0.1, 0.15) is 386 Å². The van der Waals surface area contributed by atoms with E-state index in [0.717, 1.165) is 103 Å². The highest BCUT2D eigenvalue weighted by molar-refractivity contribution is 7.47. The highest BCUT2D eigenvalue weighted by Gasteiger charge is 2.27. The fraction of sp³-hybridized carbons (Fsp3) is 0.756. The molecule has 9 nitrogen and oxygen atoms in total. The van der Waals surface area contributed by atoms with Crippen molar-refractivity contribution in [2.45, 2.75) is 392 Å². The number of carbonyl (C=O) groups excluding carboxylic acids is 2. The number of phosphoric ester groups is 1. The van der Waals surface area contributed by atoms with Gasteiger partial charge < -0.3 is 18.9 Å².